The number of ether oxygens (including phenoxy) is 1. The van der Waals surface area contributed by atoms with Crippen molar-refractivity contribution < 1.29 is 14.3 Å². The van der Waals surface area contributed by atoms with Gasteiger partial charge in [0.05, 0.1) is 18.7 Å². The fraction of sp³-hybridized carbons (Fsp3) is 0.294. The molecule has 1 unspecified atom stereocenters. The number of hydrogen-bond donors (Lipinski definition) is 2. The normalized spacial score (nSPS) is 11.2. The maximum Gasteiger partial charge on any atom is 0.309 e. The van der Waals surface area contributed by atoms with Gasteiger partial charge in [-0.3, -0.25) is 9.59 Å². The zero-order valence-corrected chi connectivity index (χ0v) is 14.7. The number of carbonyl (C=O) groups is 2. The van der Waals surface area contributed by atoms with Gasteiger partial charge in [0, 0.05) is 18.1 Å². The van der Waals surface area contributed by atoms with Crippen molar-refractivity contribution in [3.05, 3.63) is 45.9 Å². The maximum absolute atomic E-state index is 12.0. The number of carbonyl (C=O) groups excluding carboxylic acids is 2. The summed E-state index contributed by atoms with van der Waals surface area (Å²) in [6, 6.07) is 6.72. The van der Waals surface area contributed by atoms with Crippen LogP contribution in [0.4, 0.5) is 0 Å². The van der Waals surface area contributed by atoms with Gasteiger partial charge in [-0.15, -0.1) is 11.3 Å². The van der Waals surface area contributed by atoms with E-state index in [1.165, 1.54) is 18.4 Å². The van der Waals surface area contributed by atoms with Crippen LogP contribution in [0.15, 0.2) is 29.8 Å². The van der Waals surface area contributed by atoms with E-state index in [0.717, 1.165) is 5.01 Å². The van der Waals surface area contributed by atoms with Crippen LogP contribution in [0.1, 0.15) is 35.5 Å². The van der Waals surface area contributed by atoms with E-state index >= 15 is 0 Å². The van der Waals surface area contributed by atoms with E-state index in [2.05, 4.69) is 15.6 Å². The first-order chi connectivity index (χ1) is 12.1. The second kappa shape index (κ2) is 8.80. The topological polar surface area (TPSA) is 104 Å². The molecular formula is C17H18N4O3S. The van der Waals surface area contributed by atoms with Crippen molar-refractivity contribution in [2.45, 2.75) is 25.9 Å². The number of nitrogens with zero attached hydrogens (tertiary/aromatic N) is 2. The van der Waals surface area contributed by atoms with Gasteiger partial charge in [0.1, 0.15) is 16.8 Å². The lowest BCUT2D eigenvalue weighted by Gasteiger charge is -2.14. The Balaban J connectivity index is 1.93. The molecule has 2 amide bonds. The molecule has 7 nitrogen and oxygen atoms in total. The van der Waals surface area contributed by atoms with Crippen LogP contribution >= 0.6 is 11.3 Å². The minimum Gasteiger partial charge on any atom is -0.495 e. The Morgan fingerprint density at radius 2 is 2.20 bits per heavy atom. The highest BCUT2D eigenvalue weighted by Gasteiger charge is 2.20. The van der Waals surface area contributed by atoms with Crippen LogP contribution in [0.3, 0.4) is 0 Å². The molecule has 0 radical (unpaired) electrons. The number of thiazole rings is 1. The van der Waals surface area contributed by atoms with E-state index in [-0.39, 0.29) is 12.6 Å². The van der Waals surface area contributed by atoms with Gasteiger partial charge in [-0.2, -0.15) is 5.26 Å². The summed E-state index contributed by atoms with van der Waals surface area (Å²) in [6.07, 6.45) is 2.29. The summed E-state index contributed by atoms with van der Waals surface area (Å²) in [5.74, 6) is -0.982. The molecule has 0 aliphatic carbocycles. The second-order valence-corrected chi connectivity index (χ2v) is 6.06. The van der Waals surface area contributed by atoms with Crippen LogP contribution < -0.4 is 15.4 Å². The average molecular weight is 358 g/mol. The lowest BCUT2D eigenvalue weighted by molar-refractivity contribution is -0.139. The van der Waals surface area contributed by atoms with Gasteiger partial charge in [-0.05, 0) is 24.1 Å². The molecule has 1 heterocycles. The SMILES string of the molecule is CCC(NC(=O)C(=O)NCc1ccc(OC)c(C#N)c1)c1nccs1. The van der Waals surface area contributed by atoms with Crippen LogP contribution in [0.25, 0.3) is 0 Å². The van der Waals surface area contributed by atoms with Gasteiger partial charge in [0.15, 0.2) is 0 Å². The van der Waals surface area contributed by atoms with Crippen molar-refractivity contribution in [2.24, 2.45) is 0 Å². The highest BCUT2D eigenvalue weighted by atomic mass is 32.1. The molecule has 0 aliphatic rings. The summed E-state index contributed by atoms with van der Waals surface area (Å²) >= 11 is 1.43. The smallest absolute Gasteiger partial charge is 0.309 e. The molecule has 0 aliphatic heterocycles. The molecule has 2 aromatic rings. The molecule has 25 heavy (non-hydrogen) atoms. The number of methoxy groups -OCH3 is 1. The molecule has 2 N–H and O–H groups in total. The first kappa shape index (κ1) is 18.4. The summed E-state index contributed by atoms with van der Waals surface area (Å²) in [7, 11) is 1.48. The van der Waals surface area contributed by atoms with Gasteiger partial charge < -0.3 is 15.4 Å². The Bertz CT molecular complexity index is 784. The minimum absolute atomic E-state index is 0.138. The fourth-order valence-electron chi connectivity index (χ4n) is 2.18. The predicted octanol–water partition coefficient (Wildman–Crippen LogP) is 1.91. The van der Waals surface area contributed by atoms with Crippen molar-refractivity contribution >= 4 is 23.2 Å². The number of amides is 2. The van der Waals surface area contributed by atoms with Gasteiger partial charge >= 0.3 is 11.8 Å². The second-order valence-electron chi connectivity index (χ2n) is 5.13. The first-order valence-corrected chi connectivity index (χ1v) is 8.52. The molecule has 8 heteroatoms. The molecule has 1 aromatic carbocycles. The van der Waals surface area contributed by atoms with Crippen LogP contribution in [0, 0.1) is 11.3 Å². The Morgan fingerprint density at radius 3 is 2.80 bits per heavy atom. The maximum atomic E-state index is 12.0. The van der Waals surface area contributed by atoms with Crippen LogP contribution in [0.5, 0.6) is 5.75 Å². The van der Waals surface area contributed by atoms with E-state index in [9.17, 15) is 9.59 Å². The van der Waals surface area contributed by atoms with E-state index in [1.807, 2.05) is 18.4 Å². The number of nitriles is 1. The van der Waals surface area contributed by atoms with Gasteiger partial charge in [-0.1, -0.05) is 13.0 Å². The summed E-state index contributed by atoms with van der Waals surface area (Å²) in [5, 5.41) is 16.9. The Hall–Kier alpha value is -2.92. The number of rotatable bonds is 6. The molecule has 0 saturated heterocycles. The third kappa shape index (κ3) is 4.78. The Morgan fingerprint density at radius 1 is 1.40 bits per heavy atom. The third-order valence-electron chi connectivity index (χ3n) is 3.51. The van der Waals surface area contributed by atoms with Crippen molar-refractivity contribution in [3.63, 3.8) is 0 Å². The molecule has 1 aromatic heterocycles. The summed E-state index contributed by atoms with van der Waals surface area (Å²) < 4.78 is 5.07. The van der Waals surface area contributed by atoms with Crippen molar-refractivity contribution in [1.82, 2.24) is 15.6 Å². The van der Waals surface area contributed by atoms with Crippen LogP contribution in [-0.2, 0) is 16.1 Å². The van der Waals surface area contributed by atoms with Crippen molar-refractivity contribution in [1.29, 1.82) is 5.26 Å². The highest BCUT2D eigenvalue weighted by Crippen LogP contribution is 2.19. The number of aromatic nitrogens is 1. The fourth-order valence-corrected chi connectivity index (χ4v) is 2.96. The van der Waals surface area contributed by atoms with Crippen molar-refractivity contribution in [2.75, 3.05) is 7.11 Å². The van der Waals surface area contributed by atoms with E-state index < -0.39 is 11.8 Å². The minimum atomic E-state index is -0.732. The van der Waals surface area contributed by atoms with E-state index in [0.29, 0.717) is 23.3 Å². The van der Waals surface area contributed by atoms with E-state index in [4.69, 9.17) is 10.00 Å². The molecule has 0 saturated carbocycles. The number of benzene rings is 1. The monoisotopic (exact) mass is 358 g/mol. The summed E-state index contributed by atoms with van der Waals surface area (Å²) in [4.78, 5) is 28.2. The Labute approximate surface area is 149 Å². The average Bonchev–Trinajstić information content (AvgIpc) is 3.17. The summed E-state index contributed by atoms with van der Waals surface area (Å²) in [5.41, 5.74) is 1.07. The number of nitrogens with one attached hydrogen (secondary N) is 2. The van der Waals surface area contributed by atoms with Gasteiger partial charge in [0.25, 0.3) is 0 Å². The zero-order valence-electron chi connectivity index (χ0n) is 13.9. The van der Waals surface area contributed by atoms with Gasteiger partial charge in [-0.25, -0.2) is 4.98 Å². The largest absolute Gasteiger partial charge is 0.495 e. The lowest BCUT2D eigenvalue weighted by Crippen LogP contribution is -2.41. The molecule has 2 rings (SSSR count). The number of hydrogen-bond acceptors (Lipinski definition) is 6. The van der Waals surface area contributed by atoms with E-state index in [1.54, 1.807) is 24.4 Å². The standard InChI is InChI=1S/C17H18N4O3S/c1-3-13(17-19-6-7-25-17)21-16(23)15(22)20-10-11-4-5-14(24-2)12(8-11)9-18/h4-8,13H,3,10H2,1-2H3,(H,20,22)(H,21,23). The molecule has 1 atom stereocenters. The highest BCUT2D eigenvalue weighted by molar-refractivity contribution is 7.09. The lowest BCUT2D eigenvalue weighted by atomic mass is 10.1. The first-order valence-electron chi connectivity index (χ1n) is 7.64. The quantitative estimate of drug-likeness (QED) is 0.768. The zero-order chi connectivity index (χ0) is 18.2. The predicted molar refractivity (Wildman–Crippen MR) is 92.8 cm³/mol. The van der Waals surface area contributed by atoms with Crippen molar-refractivity contribution in [3.8, 4) is 11.8 Å². The molecule has 0 spiro atoms. The van der Waals surface area contributed by atoms with Crippen LogP contribution in [-0.4, -0.2) is 23.9 Å². The third-order valence-corrected chi connectivity index (χ3v) is 4.40. The summed E-state index contributed by atoms with van der Waals surface area (Å²) in [6.45, 7) is 2.05. The molecule has 0 bridgehead atoms. The molecule has 0 fully saturated rings. The molecular weight excluding hydrogens is 340 g/mol. The Kier molecular flexibility index (Phi) is 6.48. The van der Waals surface area contributed by atoms with Crippen LogP contribution in [0.2, 0.25) is 0 Å². The molecule has 130 valence electrons. The van der Waals surface area contributed by atoms with Gasteiger partial charge in [0.2, 0.25) is 0 Å².